The van der Waals surface area contributed by atoms with Crippen molar-refractivity contribution in [3.63, 3.8) is 0 Å². The van der Waals surface area contributed by atoms with E-state index in [1.807, 2.05) is 0 Å². The lowest BCUT2D eigenvalue weighted by atomic mass is 9.99. The molecule has 0 aromatic heterocycles. The van der Waals surface area contributed by atoms with Crippen molar-refractivity contribution in [1.82, 2.24) is 0 Å². The molecule has 2 rings (SSSR count). The summed E-state index contributed by atoms with van der Waals surface area (Å²) in [6, 6.07) is 8.80. The molecule has 0 spiro atoms. The van der Waals surface area contributed by atoms with Gasteiger partial charge in [0.15, 0.2) is 6.29 Å². The molecule has 4 N–H and O–H groups in total. The Labute approximate surface area is 134 Å². The van der Waals surface area contributed by atoms with Crippen LogP contribution in [0.1, 0.15) is 6.93 Å². The summed E-state index contributed by atoms with van der Waals surface area (Å²) in [7, 11) is -4.96. The van der Waals surface area contributed by atoms with E-state index in [1.165, 1.54) is 0 Å². The molecule has 1 aromatic carbocycles. The Morgan fingerprint density at radius 2 is 1.78 bits per heavy atom. The number of rotatable bonds is 6. The standard InChI is InChI=1S/C13H18O9S/c14-10-9(7-21-23(17,18)19)22-13(12(16)11(10)15)20-6-8-4-2-1-3-5-8/h1-5,9-16H,6-7H2,(H,17,18,19)/t9-,10-,11+,12-,13-/m1/s1/i7D/t7-,9-,10-,11+,12-,13-. The largest absolute Gasteiger partial charge is 0.397 e. The zero-order valence-electron chi connectivity index (χ0n) is 12.8. The quantitative estimate of drug-likeness (QED) is 0.466. The number of aliphatic hydroxyl groups excluding tert-OH is 3. The van der Waals surface area contributed by atoms with Gasteiger partial charge in [0.1, 0.15) is 24.4 Å². The monoisotopic (exact) mass is 351 g/mol. The maximum Gasteiger partial charge on any atom is 0.397 e. The molecule has 1 aliphatic rings. The van der Waals surface area contributed by atoms with Crippen molar-refractivity contribution in [2.45, 2.75) is 37.3 Å². The van der Waals surface area contributed by atoms with E-state index >= 15 is 0 Å². The summed E-state index contributed by atoms with van der Waals surface area (Å²) in [6.07, 6.45) is -8.32. The molecule has 0 amide bonds. The zero-order valence-corrected chi connectivity index (χ0v) is 12.6. The number of aliphatic hydroxyl groups is 3. The number of hydrogen-bond acceptors (Lipinski definition) is 8. The molecule has 1 aliphatic heterocycles. The molecule has 130 valence electrons. The van der Waals surface area contributed by atoms with Crippen molar-refractivity contribution in [3.05, 3.63) is 35.9 Å². The molecule has 1 fully saturated rings. The fraction of sp³-hybridized carbons (Fsp3) is 0.538. The minimum atomic E-state index is -4.96. The summed E-state index contributed by atoms with van der Waals surface area (Å²) in [5.74, 6) is 0. The number of ether oxygens (including phenoxy) is 2. The van der Waals surface area contributed by atoms with Gasteiger partial charge in [-0.2, -0.15) is 8.42 Å². The second-order valence-corrected chi connectivity index (χ2v) is 5.95. The van der Waals surface area contributed by atoms with Gasteiger partial charge in [-0.25, -0.2) is 4.18 Å². The first kappa shape index (κ1) is 16.7. The molecule has 6 atom stereocenters. The number of hydrogen-bond donors (Lipinski definition) is 4. The van der Waals surface area contributed by atoms with Gasteiger partial charge in [-0.3, -0.25) is 4.55 Å². The van der Waals surface area contributed by atoms with Gasteiger partial charge >= 0.3 is 10.4 Å². The molecule has 1 heterocycles. The Hall–Kier alpha value is -1.11. The summed E-state index contributed by atoms with van der Waals surface area (Å²) in [6.45, 7) is -2.07. The summed E-state index contributed by atoms with van der Waals surface area (Å²) >= 11 is 0. The molecule has 0 bridgehead atoms. The van der Waals surface area contributed by atoms with Gasteiger partial charge in [-0.15, -0.1) is 0 Å². The molecule has 0 radical (unpaired) electrons. The van der Waals surface area contributed by atoms with Crippen molar-refractivity contribution in [3.8, 4) is 0 Å². The Bertz CT molecular complexity index is 626. The third-order valence-electron chi connectivity index (χ3n) is 3.17. The lowest BCUT2D eigenvalue weighted by Crippen LogP contribution is -2.59. The molecule has 23 heavy (non-hydrogen) atoms. The maximum absolute atomic E-state index is 10.7. The van der Waals surface area contributed by atoms with Crippen LogP contribution in [0, 0.1) is 0 Å². The normalized spacial score (nSPS) is 33.9. The van der Waals surface area contributed by atoms with Crippen LogP contribution in [0.5, 0.6) is 0 Å². The second kappa shape index (κ2) is 7.64. The Kier molecular flexibility index (Phi) is 5.56. The molecule has 1 saturated heterocycles. The van der Waals surface area contributed by atoms with Gasteiger partial charge in [0, 0.05) is 0 Å². The van der Waals surface area contributed by atoms with Crippen LogP contribution in [-0.2, 0) is 30.7 Å². The highest BCUT2D eigenvalue weighted by atomic mass is 32.3. The first-order valence-electron chi connectivity index (χ1n) is 7.20. The summed E-state index contributed by atoms with van der Waals surface area (Å²) in [5.41, 5.74) is 0.738. The van der Waals surface area contributed by atoms with Gasteiger partial charge in [0.25, 0.3) is 0 Å². The maximum atomic E-state index is 10.7. The van der Waals surface area contributed by atoms with Crippen LogP contribution in [0.15, 0.2) is 30.3 Å². The second-order valence-electron chi connectivity index (χ2n) is 4.90. The minimum absolute atomic E-state index is 0.0000751. The van der Waals surface area contributed by atoms with Crippen molar-refractivity contribution in [2.75, 3.05) is 6.58 Å². The summed E-state index contributed by atoms with van der Waals surface area (Å²) < 4.78 is 51.9. The highest BCUT2D eigenvalue weighted by molar-refractivity contribution is 7.80. The van der Waals surface area contributed by atoms with Crippen LogP contribution in [0.4, 0.5) is 0 Å². The van der Waals surface area contributed by atoms with Crippen molar-refractivity contribution in [2.24, 2.45) is 0 Å². The summed E-state index contributed by atoms with van der Waals surface area (Å²) in [4.78, 5) is 0. The van der Waals surface area contributed by atoms with E-state index < -0.39 is 47.7 Å². The molecule has 0 unspecified atom stereocenters. The van der Waals surface area contributed by atoms with Gasteiger partial charge in [-0.1, -0.05) is 30.3 Å². The fourth-order valence-corrected chi connectivity index (χ4v) is 2.25. The predicted molar refractivity (Wildman–Crippen MR) is 75.4 cm³/mol. The SMILES string of the molecule is [2H][C@@H](OS(=O)(=O)O)[C@H]1O[C@@H](OCc2ccccc2)[C@H](O)[C@@H](O)[C@@H]1O. The lowest BCUT2D eigenvalue weighted by molar-refractivity contribution is -0.303. The van der Waals surface area contributed by atoms with E-state index in [-0.39, 0.29) is 6.61 Å². The van der Waals surface area contributed by atoms with E-state index in [0.717, 1.165) is 5.56 Å². The third-order valence-corrected chi connectivity index (χ3v) is 3.53. The predicted octanol–water partition coefficient (Wildman–Crippen LogP) is -1.17. The van der Waals surface area contributed by atoms with Gasteiger partial charge in [-0.05, 0) is 5.56 Å². The third kappa shape index (κ3) is 5.19. The number of benzene rings is 1. The molecule has 9 nitrogen and oxygen atoms in total. The fourth-order valence-electron chi connectivity index (χ4n) is 2.00. The van der Waals surface area contributed by atoms with Crippen molar-refractivity contribution in [1.29, 1.82) is 0 Å². The van der Waals surface area contributed by atoms with Crippen molar-refractivity contribution < 1.29 is 43.3 Å². The van der Waals surface area contributed by atoms with Crippen LogP contribution in [0.2, 0.25) is 0 Å². The smallest absolute Gasteiger partial charge is 0.387 e. The van der Waals surface area contributed by atoms with Gasteiger partial charge in [0.05, 0.1) is 14.6 Å². The van der Waals surface area contributed by atoms with E-state index in [2.05, 4.69) is 4.18 Å². The van der Waals surface area contributed by atoms with Crippen LogP contribution >= 0.6 is 0 Å². The van der Waals surface area contributed by atoms with Crippen LogP contribution in [0.3, 0.4) is 0 Å². The first-order valence-corrected chi connectivity index (χ1v) is 7.98. The molecular weight excluding hydrogens is 332 g/mol. The van der Waals surface area contributed by atoms with E-state index in [4.69, 9.17) is 15.4 Å². The Balaban J connectivity index is 2.05. The van der Waals surface area contributed by atoms with E-state index in [1.54, 1.807) is 30.3 Å². The topological polar surface area (TPSA) is 143 Å². The van der Waals surface area contributed by atoms with Crippen molar-refractivity contribution >= 4 is 10.4 Å². The average Bonchev–Trinajstić information content (AvgIpc) is 2.51. The highest BCUT2D eigenvalue weighted by Crippen LogP contribution is 2.23. The lowest BCUT2D eigenvalue weighted by Gasteiger charge is -2.39. The first-order chi connectivity index (χ1) is 11.2. The van der Waals surface area contributed by atoms with Crippen LogP contribution in [0.25, 0.3) is 0 Å². The zero-order chi connectivity index (χ0) is 17.9. The van der Waals surface area contributed by atoms with Gasteiger partial charge in [0.2, 0.25) is 0 Å². The Morgan fingerprint density at radius 3 is 2.39 bits per heavy atom. The molecule has 0 aliphatic carbocycles. The Morgan fingerprint density at radius 1 is 1.13 bits per heavy atom. The molecular formula is C13H18O9S. The van der Waals surface area contributed by atoms with Gasteiger partial charge < -0.3 is 24.8 Å². The van der Waals surface area contributed by atoms with E-state index in [0.29, 0.717) is 0 Å². The summed E-state index contributed by atoms with van der Waals surface area (Å²) in [5, 5.41) is 29.5. The minimum Gasteiger partial charge on any atom is -0.387 e. The molecule has 1 aromatic rings. The van der Waals surface area contributed by atoms with E-state index in [9.17, 15) is 23.7 Å². The highest BCUT2D eigenvalue weighted by Gasteiger charge is 2.44. The van der Waals surface area contributed by atoms with Crippen LogP contribution in [-0.4, -0.2) is 65.6 Å². The average molecular weight is 351 g/mol. The van der Waals surface area contributed by atoms with Crippen LogP contribution < -0.4 is 0 Å². The molecule has 0 saturated carbocycles. The molecule has 10 heteroatoms.